The summed E-state index contributed by atoms with van der Waals surface area (Å²) in [6.45, 7) is 9.30. The van der Waals surface area contributed by atoms with Crippen LogP contribution in [0.25, 0.3) is 0 Å². The molecule has 0 aliphatic heterocycles. The van der Waals surface area contributed by atoms with Crippen LogP contribution in [-0.4, -0.2) is 16.5 Å². The Morgan fingerprint density at radius 2 is 1.86 bits per heavy atom. The second-order valence-corrected chi connectivity index (χ2v) is 6.83. The van der Waals surface area contributed by atoms with Crippen molar-refractivity contribution in [2.24, 2.45) is 17.6 Å². The SMILES string of the molecule is CC1CCC(N)C(SC(C)C(C)C)C1. The van der Waals surface area contributed by atoms with Gasteiger partial charge in [0.1, 0.15) is 0 Å². The Labute approximate surface area is 93.2 Å². The number of rotatable bonds is 3. The maximum Gasteiger partial charge on any atom is 0.0204 e. The Bertz CT molecular complexity index is 170. The molecule has 1 rings (SSSR count). The van der Waals surface area contributed by atoms with Crippen LogP contribution in [0.1, 0.15) is 47.0 Å². The molecular weight excluding hydrogens is 190 g/mol. The van der Waals surface area contributed by atoms with E-state index in [0.717, 1.165) is 17.1 Å². The lowest BCUT2D eigenvalue weighted by Crippen LogP contribution is -2.39. The molecule has 0 bridgehead atoms. The molecule has 4 unspecified atom stereocenters. The number of hydrogen-bond donors (Lipinski definition) is 1. The Morgan fingerprint density at radius 1 is 1.21 bits per heavy atom. The molecule has 1 aliphatic carbocycles. The molecule has 14 heavy (non-hydrogen) atoms. The van der Waals surface area contributed by atoms with Gasteiger partial charge in [-0.15, -0.1) is 0 Å². The van der Waals surface area contributed by atoms with E-state index in [2.05, 4.69) is 39.5 Å². The Hall–Kier alpha value is 0.310. The third-order valence-corrected chi connectivity index (χ3v) is 5.30. The zero-order valence-electron chi connectivity index (χ0n) is 9.99. The Balaban J connectivity index is 2.41. The van der Waals surface area contributed by atoms with Gasteiger partial charge in [0.15, 0.2) is 0 Å². The quantitative estimate of drug-likeness (QED) is 0.782. The summed E-state index contributed by atoms with van der Waals surface area (Å²) in [4.78, 5) is 0. The standard InChI is InChI=1S/C12H25NS/c1-8(2)10(4)14-12-7-9(3)5-6-11(12)13/h8-12H,5-7,13H2,1-4H3. The maximum absolute atomic E-state index is 6.17. The molecule has 2 heteroatoms. The molecule has 1 nitrogen and oxygen atoms in total. The normalized spacial score (nSPS) is 36.0. The molecular formula is C12H25NS. The van der Waals surface area contributed by atoms with Crippen molar-refractivity contribution < 1.29 is 0 Å². The summed E-state index contributed by atoms with van der Waals surface area (Å²) in [5.74, 6) is 1.65. The van der Waals surface area contributed by atoms with Gasteiger partial charge in [-0.25, -0.2) is 0 Å². The summed E-state index contributed by atoms with van der Waals surface area (Å²) in [6, 6.07) is 0.442. The van der Waals surface area contributed by atoms with Gasteiger partial charge in [-0.1, -0.05) is 27.7 Å². The molecule has 0 heterocycles. The van der Waals surface area contributed by atoms with E-state index in [4.69, 9.17) is 5.73 Å². The summed E-state index contributed by atoms with van der Waals surface area (Å²) in [7, 11) is 0. The van der Waals surface area contributed by atoms with E-state index in [9.17, 15) is 0 Å². The third kappa shape index (κ3) is 3.47. The fourth-order valence-electron chi connectivity index (χ4n) is 1.94. The van der Waals surface area contributed by atoms with Crippen molar-refractivity contribution in [2.75, 3.05) is 0 Å². The fourth-order valence-corrected chi connectivity index (χ4v) is 3.58. The summed E-state index contributed by atoms with van der Waals surface area (Å²) in [5, 5.41) is 1.45. The van der Waals surface area contributed by atoms with Gasteiger partial charge in [0, 0.05) is 16.5 Å². The van der Waals surface area contributed by atoms with Crippen molar-refractivity contribution in [1.82, 2.24) is 0 Å². The van der Waals surface area contributed by atoms with Gasteiger partial charge in [0.05, 0.1) is 0 Å². The highest BCUT2D eigenvalue weighted by molar-refractivity contribution is 8.00. The first kappa shape index (κ1) is 12.4. The predicted octanol–water partition coefficient (Wildman–Crippen LogP) is 3.28. The highest BCUT2D eigenvalue weighted by Crippen LogP contribution is 2.35. The second-order valence-electron chi connectivity index (χ2n) is 5.21. The van der Waals surface area contributed by atoms with Crippen LogP contribution in [0.3, 0.4) is 0 Å². The first-order valence-corrected chi connectivity index (χ1v) is 6.86. The minimum Gasteiger partial charge on any atom is -0.327 e. The molecule has 4 atom stereocenters. The largest absolute Gasteiger partial charge is 0.327 e. The van der Waals surface area contributed by atoms with Gasteiger partial charge >= 0.3 is 0 Å². The van der Waals surface area contributed by atoms with Crippen LogP contribution in [-0.2, 0) is 0 Å². The fraction of sp³-hybridized carbons (Fsp3) is 1.00. The van der Waals surface area contributed by atoms with Gasteiger partial charge in [-0.3, -0.25) is 0 Å². The first-order valence-electron chi connectivity index (χ1n) is 5.91. The van der Waals surface area contributed by atoms with E-state index >= 15 is 0 Å². The molecule has 1 saturated carbocycles. The van der Waals surface area contributed by atoms with Crippen molar-refractivity contribution >= 4 is 11.8 Å². The van der Waals surface area contributed by atoms with Crippen LogP contribution in [0.2, 0.25) is 0 Å². The van der Waals surface area contributed by atoms with Crippen LogP contribution < -0.4 is 5.73 Å². The molecule has 0 aromatic carbocycles. The van der Waals surface area contributed by atoms with Gasteiger partial charge in [0.2, 0.25) is 0 Å². The highest BCUT2D eigenvalue weighted by atomic mass is 32.2. The molecule has 0 radical (unpaired) electrons. The van der Waals surface area contributed by atoms with Crippen LogP contribution in [0.4, 0.5) is 0 Å². The lowest BCUT2D eigenvalue weighted by atomic mass is 9.87. The molecule has 0 spiro atoms. The Morgan fingerprint density at radius 3 is 2.43 bits per heavy atom. The topological polar surface area (TPSA) is 26.0 Å². The zero-order chi connectivity index (χ0) is 10.7. The lowest BCUT2D eigenvalue weighted by molar-refractivity contribution is 0.356. The zero-order valence-corrected chi connectivity index (χ0v) is 10.8. The van der Waals surface area contributed by atoms with E-state index in [0.29, 0.717) is 11.3 Å². The second kappa shape index (κ2) is 5.41. The van der Waals surface area contributed by atoms with Crippen LogP contribution >= 0.6 is 11.8 Å². The monoisotopic (exact) mass is 215 g/mol. The van der Waals surface area contributed by atoms with Crippen molar-refractivity contribution in [3.8, 4) is 0 Å². The van der Waals surface area contributed by atoms with Gasteiger partial charge in [0.25, 0.3) is 0 Å². The Kier molecular flexibility index (Phi) is 4.78. The minimum absolute atomic E-state index is 0.442. The summed E-state index contributed by atoms with van der Waals surface area (Å²) < 4.78 is 0. The highest BCUT2D eigenvalue weighted by Gasteiger charge is 2.28. The molecule has 2 N–H and O–H groups in total. The van der Waals surface area contributed by atoms with Crippen molar-refractivity contribution in [1.29, 1.82) is 0 Å². The van der Waals surface area contributed by atoms with E-state index < -0.39 is 0 Å². The van der Waals surface area contributed by atoms with Crippen molar-refractivity contribution in [2.45, 2.75) is 63.5 Å². The predicted molar refractivity (Wildman–Crippen MR) is 66.7 cm³/mol. The van der Waals surface area contributed by atoms with Crippen LogP contribution in [0.15, 0.2) is 0 Å². The maximum atomic E-state index is 6.17. The first-order chi connectivity index (χ1) is 6.50. The van der Waals surface area contributed by atoms with E-state index in [1.165, 1.54) is 19.3 Å². The summed E-state index contributed by atoms with van der Waals surface area (Å²) in [6.07, 6.45) is 3.88. The lowest BCUT2D eigenvalue weighted by Gasteiger charge is -2.34. The average molecular weight is 215 g/mol. The number of thioether (sulfide) groups is 1. The van der Waals surface area contributed by atoms with E-state index in [1.807, 2.05) is 0 Å². The minimum atomic E-state index is 0.442. The van der Waals surface area contributed by atoms with Crippen molar-refractivity contribution in [3.05, 3.63) is 0 Å². The number of hydrogen-bond acceptors (Lipinski definition) is 2. The van der Waals surface area contributed by atoms with Crippen molar-refractivity contribution in [3.63, 3.8) is 0 Å². The van der Waals surface area contributed by atoms with Crippen LogP contribution in [0, 0.1) is 11.8 Å². The molecule has 84 valence electrons. The summed E-state index contributed by atoms with van der Waals surface area (Å²) >= 11 is 2.12. The molecule has 0 amide bonds. The average Bonchev–Trinajstić information content (AvgIpc) is 2.11. The van der Waals surface area contributed by atoms with Gasteiger partial charge < -0.3 is 5.73 Å². The van der Waals surface area contributed by atoms with Gasteiger partial charge in [-0.2, -0.15) is 11.8 Å². The summed E-state index contributed by atoms with van der Waals surface area (Å²) in [5.41, 5.74) is 6.17. The number of nitrogens with two attached hydrogens (primary N) is 1. The molecule has 0 saturated heterocycles. The van der Waals surface area contributed by atoms with Crippen LogP contribution in [0.5, 0.6) is 0 Å². The molecule has 1 fully saturated rings. The smallest absolute Gasteiger partial charge is 0.0204 e. The molecule has 0 aromatic rings. The third-order valence-electron chi connectivity index (χ3n) is 3.43. The molecule has 0 aromatic heterocycles. The van der Waals surface area contributed by atoms with E-state index in [1.54, 1.807) is 0 Å². The molecule has 1 aliphatic rings. The van der Waals surface area contributed by atoms with Gasteiger partial charge in [-0.05, 0) is 31.1 Å². The van der Waals surface area contributed by atoms with E-state index in [-0.39, 0.29) is 0 Å².